The zero-order chi connectivity index (χ0) is 14.6. The minimum atomic E-state index is -3.40. The van der Waals surface area contributed by atoms with Crippen LogP contribution >= 0.6 is 0 Å². The van der Waals surface area contributed by atoms with Crippen molar-refractivity contribution in [1.29, 1.82) is 0 Å². The van der Waals surface area contributed by atoms with Crippen LogP contribution in [0.3, 0.4) is 0 Å². The molecule has 0 heterocycles. The Balaban J connectivity index is 2.03. The van der Waals surface area contributed by atoms with Crippen molar-refractivity contribution in [2.24, 2.45) is 0 Å². The van der Waals surface area contributed by atoms with Gasteiger partial charge in [0.2, 0.25) is 10.0 Å². The molecule has 0 amide bonds. The van der Waals surface area contributed by atoms with Gasteiger partial charge in [-0.25, -0.2) is 13.1 Å². The van der Waals surface area contributed by atoms with E-state index in [0.717, 1.165) is 11.1 Å². The third-order valence-electron chi connectivity index (χ3n) is 2.98. The maximum Gasteiger partial charge on any atom is 0.216 e. The van der Waals surface area contributed by atoms with Crippen molar-refractivity contribution in [1.82, 2.24) is 4.72 Å². The lowest BCUT2D eigenvalue weighted by molar-refractivity contribution is 0.580. The topological polar surface area (TPSA) is 72.2 Å². The monoisotopic (exact) mass is 290 g/mol. The highest BCUT2D eigenvalue weighted by Gasteiger charge is 2.12. The van der Waals surface area contributed by atoms with Gasteiger partial charge in [0, 0.05) is 12.2 Å². The molecular weight excluding hydrogens is 272 g/mol. The van der Waals surface area contributed by atoms with E-state index in [1.54, 1.807) is 24.3 Å². The molecule has 0 bridgehead atoms. The largest absolute Gasteiger partial charge is 0.398 e. The minimum absolute atomic E-state index is 0.106. The molecule has 0 aliphatic carbocycles. The maximum absolute atomic E-state index is 12.0. The Kier molecular flexibility index (Phi) is 4.42. The van der Waals surface area contributed by atoms with Crippen LogP contribution in [0.25, 0.3) is 0 Å². The number of hydrogen-bond donors (Lipinski definition) is 2. The molecule has 0 unspecified atom stereocenters. The van der Waals surface area contributed by atoms with Gasteiger partial charge in [-0.1, -0.05) is 48.0 Å². The summed E-state index contributed by atoms with van der Waals surface area (Å²) in [5.74, 6) is -0.106. The molecule has 0 aromatic heterocycles. The zero-order valence-electron chi connectivity index (χ0n) is 11.3. The smallest absolute Gasteiger partial charge is 0.216 e. The molecule has 3 N–H and O–H groups in total. The molecule has 0 aliphatic heterocycles. The maximum atomic E-state index is 12.0. The fourth-order valence-corrected chi connectivity index (χ4v) is 3.10. The first-order valence-corrected chi connectivity index (χ1v) is 7.98. The van der Waals surface area contributed by atoms with E-state index in [-0.39, 0.29) is 12.3 Å². The summed E-state index contributed by atoms with van der Waals surface area (Å²) < 4.78 is 26.7. The van der Waals surface area contributed by atoms with E-state index < -0.39 is 10.0 Å². The number of benzene rings is 2. The number of rotatable bonds is 5. The highest BCUT2D eigenvalue weighted by atomic mass is 32.2. The van der Waals surface area contributed by atoms with Crippen LogP contribution in [0.5, 0.6) is 0 Å². The molecule has 0 spiro atoms. The third-order valence-corrected chi connectivity index (χ3v) is 4.25. The van der Waals surface area contributed by atoms with Crippen molar-refractivity contribution in [3.63, 3.8) is 0 Å². The van der Waals surface area contributed by atoms with Crippen LogP contribution in [0, 0.1) is 6.92 Å². The molecule has 0 atom stereocenters. The van der Waals surface area contributed by atoms with Crippen molar-refractivity contribution < 1.29 is 8.42 Å². The highest BCUT2D eigenvalue weighted by Crippen LogP contribution is 2.14. The molecule has 0 saturated carbocycles. The summed E-state index contributed by atoms with van der Waals surface area (Å²) in [6.45, 7) is 2.26. The van der Waals surface area contributed by atoms with Crippen LogP contribution in [-0.4, -0.2) is 8.42 Å². The number of para-hydroxylation sites is 1. The van der Waals surface area contributed by atoms with Crippen LogP contribution < -0.4 is 10.5 Å². The van der Waals surface area contributed by atoms with E-state index >= 15 is 0 Å². The lowest BCUT2D eigenvalue weighted by atomic mass is 10.1. The first-order chi connectivity index (χ1) is 9.46. The Hall–Kier alpha value is -1.85. The van der Waals surface area contributed by atoms with Crippen molar-refractivity contribution in [3.8, 4) is 0 Å². The minimum Gasteiger partial charge on any atom is -0.398 e. The summed E-state index contributed by atoms with van der Waals surface area (Å²) >= 11 is 0. The molecule has 20 heavy (non-hydrogen) atoms. The van der Waals surface area contributed by atoms with Gasteiger partial charge in [0.25, 0.3) is 0 Å². The summed E-state index contributed by atoms with van der Waals surface area (Å²) in [5, 5.41) is 0. The second-order valence-corrected chi connectivity index (χ2v) is 6.57. The predicted octanol–water partition coefficient (Wildman–Crippen LogP) is 2.20. The van der Waals surface area contributed by atoms with Gasteiger partial charge in [0.05, 0.1) is 5.75 Å². The number of hydrogen-bond acceptors (Lipinski definition) is 3. The number of anilines is 1. The van der Waals surface area contributed by atoms with Crippen molar-refractivity contribution >= 4 is 15.7 Å². The summed E-state index contributed by atoms with van der Waals surface area (Å²) in [6, 6.07) is 14.7. The zero-order valence-corrected chi connectivity index (χ0v) is 12.2. The number of sulfonamides is 1. The Morgan fingerprint density at radius 2 is 1.85 bits per heavy atom. The molecule has 4 nitrogen and oxygen atoms in total. The molecule has 0 fully saturated rings. The van der Waals surface area contributed by atoms with Crippen LogP contribution in [0.15, 0.2) is 48.5 Å². The van der Waals surface area contributed by atoms with Gasteiger partial charge in [-0.3, -0.25) is 0 Å². The van der Waals surface area contributed by atoms with E-state index in [1.165, 1.54) is 0 Å². The van der Waals surface area contributed by atoms with Crippen molar-refractivity contribution in [3.05, 3.63) is 65.2 Å². The second-order valence-electron chi connectivity index (χ2n) is 4.77. The lowest BCUT2D eigenvalue weighted by Gasteiger charge is -2.09. The van der Waals surface area contributed by atoms with E-state index in [2.05, 4.69) is 4.72 Å². The molecule has 0 radical (unpaired) electrons. The summed E-state index contributed by atoms with van der Waals surface area (Å²) in [7, 11) is -3.40. The number of nitrogens with two attached hydrogens (primary N) is 1. The van der Waals surface area contributed by atoms with Crippen LogP contribution in [0.1, 0.15) is 16.7 Å². The van der Waals surface area contributed by atoms with Crippen molar-refractivity contribution in [2.45, 2.75) is 19.2 Å². The molecule has 106 valence electrons. The summed E-state index contributed by atoms with van der Waals surface area (Å²) in [6.07, 6.45) is 0. The van der Waals surface area contributed by atoms with E-state index in [9.17, 15) is 8.42 Å². The van der Waals surface area contributed by atoms with Gasteiger partial charge in [-0.15, -0.1) is 0 Å². The van der Waals surface area contributed by atoms with Gasteiger partial charge < -0.3 is 5.73 Å². The van der Waals surface area contributed by atoms with E-state index in [1.807, 2.05) is 31.2 Å². The Morgan fingerprint density at radius 1 is 1.10 bits per heavy atom. The first kappa shape index (κ1) is 14.6. The van der Waals surface area contributed by atoms with Gasteiger partial charge >= 0.3 is 0 Å². The SMILES string of the molecule is Cc1cccc(CNS(=O)(=O)Cc2ccccc2N)c1. The van der Waals surface area contributed by atoms with Gasteiger partial charge in [-0.05, 0) is 24.1 Å². The van der Waals surface area contributed by atoms with Gasteiger partial charge in [0.1, 0.15) is 0 Å². The van der Waals surface area contributed by atoms with Crippen molar-refractivity contribution in [2.75, 3.05) is 5.73 Å². The Labute approximate surface area is 119 Å². The molecule has 0 aliphatic rings. The van der Waals surface area contributed by atoms with Gasteiger partial charge in [-0.2, -0.15) is 0 Å². The molecule has 5 heteroatoms. The first-order valence-electron chi connectivity index (χ1n) is 6.32. The molecule has 2 aromatic carbocycles. The third kappa shape index (κ3) is 4.08. The van der Waals surface area contributed by atoms with E-state index in [4.69, 9.17) is 5.73 Å². The molecule has 2 aromatic rings. The molecule has 0 saturated heterocycles. The second kappa shape index (κ2) is 6.07. The summed E-state index contributed by atoms with van der Waals surface area (Å²) in [4.78, 5) is 0. The fraction of sp³-hybridized carbons (Fsp3) is 0.200. The lowest BCUT2D eigenvalue weighted by Crippen LogP contribution is -2.25. The number of nitrogen functional groups attached to an aromatic ring is 1. The van der Waals surface area contributed by atoms with Gasteiger partial charge in [0.15, 0.2) is 0 Å². The van der Waals surface area contributed by atoms with Crippen LogP contribution in [-0.2, 0) is 22.3 Å². The number of aryl methyl sites for hydroxylation is 1. The highest BCUT2D eigenvalue weighted by molar-refractivity contribution is 7.88. The van der Waals surface area contributed by atoms with Crippen LogP contribution in [0.2, 0.25) is 0 Å². The standard InChI is InChI=1S/C15H18N2O2S/c1-12-5-4-6-13(9-12)10-17-20(18,19)11-14-7-2-3-8-15(14)16/h2-9,17H,10-11,16H2,1H3. The average Bonchev–Trinajstić information content (AvgIpc) is 2.39. The Morgan fingerprint density at radius 3 is 2.55 bits per heavy atom. The molecular formula is C15H18N2O2S. The average molecular weight is 290 g/mol. The summed E-state index contributed by atoms with van der Waals surface area (Å²) in [5.41, 5.74) is 8.92. The van der Waals surface area contributed by atoms with E-state index in [0.29, 0.717) is 11.3 Å². The number of nitrogens with one attached hydrogen (secondary N) is 1. The normalized spacial score (nSPS) is 11.4. The fourth-order valence-electron chi connectivity index (χ4n) is 1.94. The quantitative estimate of drug-likeness (QED) is 0.829. The predicted molar refractivity (Wildman–Crippen MR) is 81.5 cm³/mol. The van der Waals surface area contributed by atoms with Crippen LogP contribution in [0.4, 0.5) is 5.69 Å². The Bertz CT molecular complexity index is 697. The molecule has 2 rings (SSSR count).